The van der Waals surface area contributed by atoms with Gasteiger partial charge in [0.1, 0.15) is 10.8 Å². The standard InChI is InChI=1S/C25H29ClN6O2S/c1-32(2)14-4-11-28-16-21(33)23(17-10-13-29-22(27)15-17)35-25-20(5-3-12-30-25)24(34)31-19-8-6-18(26)7-9-19/h3,5-10,12-13,15,23,28H,4,11,14,16H2,1-2H3,(H2,27,29)(H,31,34). The largest absolute Gasteiger partial charge is 0.384 e. The van der Waals surface area contributed by atoms with Crippen molar-refractivity contribution < 1.29 is 9.59 Å². The number of thioether (sulfide) groups is 1. The predicted molar refractivity (Wildman–Crippen MR) is 142 cm³/mol. The third-order valence-corrected chi connectivity index (χ3v) is 6.58. The Morgan fingerprint density at radius 3 is 2.60 bits per heavy atom. The van der Waals surface area contributed by atoms with E-state index in [0.717, 1.165) is 19.5 Å². The first-order valence-electron chi connectivity index (χ1n) is 11.1. The number of aromatic nitrogens is 2. The monoisotopic (exact) mass is 512 g/mol. The van der Waals surface area contributed by atoms with Crippen LogP contribution in [0.5, 0.6) is 0 Å². The number of amides is 1. The molecule has 1 atom stereocenters. The van der Waals surface area contributed by atoms with Gasteiger partial charge in [-0.3, -0.25) is 9.59 Å². The molecule has 0 aliphatic heterocycles. The van der Waals surface area contributed by atoms with Crippen LogP contribution in [0.3, 0.4) is 0 Å². The minimum atomic E-state index is -0.612. The number of hydrogen-bond acceptors (Lipinski definition) is 8. The second-order valence-electron chi connectivity index (χ2n) is 8.13. The van der Waals surface area contributed by atoms with Crippen LogP contribution in [-0.4, -0.2) is 60.3 Å². The number of hydrogen-bond donors (Lipinski definition) is 3. The molecule has 4 N–H and O–H groups in total. The zero-order chi connectivity index (χ0) is 25.2. The second-order valence-corrected chi connectivity index (χ2v) is 9.66. The number of halogens is 1. The van der Waals surface area contributed by atoms with Crippen molar-refractivity contribution in [1.29, 1.82) is 0 Å². The van der Waals surface area contributed by atoms with Gasteiger partial charge in [-0.05, 0) is 87.7 Å². The first-order valence-corrected chi connectivity index (χ1v) is 12.4. The first-order chi connectivity index (χ1) is 16.8. The van der Waals surface area contributed by atoms with Crippen LogP contribution in [0.15, 0.2) is 66.0 Å². The summed E-state index contributed by atoms with van der Waals surface area (Å²) in [5.41, 5.74) is 7.57. The van der Waals surface area contributed by atoms with Crippen LogP contribution < -0.4 is 16.4 Å². The zero-order valence-corrected chi connectivity index (χ0v) is 21.3. The minimum Gasteiger partial charge on any atom is -0.384 e. The summed E-state index contributed by atoms with van der Waals surface area (Å²) in [6.45, 7) is 1.84. The van der Waals surface area contributed by atoms with Crippen molar-refractivity contribution in [1.82, 2.24) is 20.2 Å². The van der Waals surface area contributed by atoms with Crippen LogP contribution in [0.2, 0.25) is 5.02 Å². The molecular formula is C25H29ClN6O2S. The number of pyridine rings is 2. The average Bonchev–Trinajstić information content (AvgIpc) is 2.83. The third kappa shape index (κ3) is 8.32. The van der Waals surface area contributed by atoms with Crippen LogP contribution in [0, 0.1) is 0 Å². The molecule has 184 valence electrons. The maximum atomic E-state index is 13.3. The molecule has 1 amide bonds. The number of nitrogens with one attached hydrogen (secondary N) is 2. The lowest BCUT2D eigenvalue weighted by Crippen LogP contribution is -2.29. The van der Waals surface area contributed by atoms with Gasteiger partial charge in [-0.25, -0.2) is 9.97 Å². The van der Waals surface area contributed by atoms with E-state index < -0.39 is 5.25 Å². The molecule has 0 spiro atoms. The topological polar surface area (TPSA) is 113 Å². The normalized spacial score (nSPS) is 11.9. The van der Waals surface area contributed by atoms with E-state index in [0.29, 0.717) is 32.7 Å². The van der Waals surface area contributed by atoms with E-state index in [4.69, 9.17) is 17.3 Å². The molecule has 0 radical (unpaired) electrons. The van der Waals surface area contributed by atoms with Crippen molar-refractivity contribution in [2.75, 3.05) is 44.8 Å². The Hall–Kier alpha value is -2.98. The van der Waals surface area contributed by atoms with Gasteiger partial charge in [-0.15, -0.1) is 0 Å². The maximum absolute atomic E-state index is 13.3. The van der Waals surface area contributed by atoms with E-state index >= 15 is 0 Å². The number of carbonyl (C=O) groups is 2. The Balaban J connectivity index is 1.78. The molecule has 1 aromatic carbocycles. The molecule has 0 saturated heterocycles. The maximum Gasteiger partial charge on any atom is 0.258 e. The van der Waals surface area contributed by atoms with E-state index in [9.17, 15) is 9.59 Å². The first kappa shape index (κ1) is 26.6. The number of nitrogens with two attached hydrogens (primary N) is 1. The number of ketones is 1. The molecule has 3 rings (SSSR count). The highest BCUT2D eigenvalue weighted by atomic mass is 35.5. The predicted octanol–water partition coefficient (Wildman–Crippen LogP) is 3.91. The summed E-state index contributed by atoms with van der Waals surface area (Å²) in [5, 5.41) is 6.48. The molecular weight excluding hydrogens is 484 g/mol. The van der Waals surface area contributed by atoms with Crippen molar-refractivity contribution in [3.8, 4) is 0 Å². The fourth-order valence-corrected chi connectivity index (χ4v) is 4.53. The van der Waals surface area contributed by atoms with Crippen LogP contribution >= 0.6 is 23.4 Å². The summed E-state index contributed by atoms with van der Waals surface area (Å²) in [7, 11) is 4.03. The Morgan fingerprint density at radius 2 is 1.89 bits per heavy atom. The third-order valence-electron chi connectivity index (χ3n) is 5.01. The summed E-state index contributed by atoms with van der Waals surface area (Å²) in [6.07, 6.45) is 4.10. The Labute approximate surface area is 214 Å². The number of nitrogens with zero attached hydrogens (tertiary/aromatic N) is 3. The smallest absolute Gasteiger partial charge is 0.258 e. The average molecular weight is 513 g/mol. The highest BCUT2D eigenvalue weighted by Gasteiger charge is 2.25. The van der Waals surface area contributed by atoms with E-state index in [1.807, 2.05) is 14.1 Å². The molecule has 2 heterocycles. The summed E-state index contributed by atoms with van der Waals surface area (Å²) in [5.74, 6) is -0.0492. The molecule has 0 bridgehead atoms. The number of anilines is 2. The van der Waals surface area contributed by atoms with Gasteiger partial charge in [0.05, 0.1) is 17.4 Å². The summed E-state index contributed by atoms with van der Waals surface area (Å²) in [4.78, 5) is 36.8. The Morgan fingerprint density at radius 1 is 1.11 bits per heavy atom. The van der Waals surface area contributed by atoms with Gasteiger partial charge in [-0.1, -0.05) is 23.4 Å². The second kappa shape index (κ2) is 13.2. The molecule has 35 heavy (non-hydrogen) atoms. The van der Waals surface area contributed by atoms with Crippen LogP contribution in [-0.2, 0) is 4.79 Å². The van der Waals surface area contributed by atoms with Gasteiger partial charge >= 0.3 is 0 Å². The summed E-state index contributed by atoms with van der Waals surface area (Å²) < 4.78 is 0. The van der Waals surface area contributed by atoms with Crippen molar-refractivity contribution in [2.24, 2.45) is 0 Å². The molecule has 0 aliphatic carbocycles. The number of rotatable bonds is 12. The van der Waals surface area contributed by atoms with Crippen molar-refractivity contribution in [2.45, 2.75) is 16.7 Å². The lowest BCUT2D eigenvalue weighted by atomic mass is 10.1. The highest BCUT2D eigenvalue weighted by molar-refractivity contribution is 8.00. The van der Waals surface area contributed by atoms with Gasteiger partial charge < -0.3 is 21.3 Å². The molecule has 8 nitrogen and oxygen atoms in total. The summed E-state index contributed by atoms with van der Waals surface area (Å²) in [6, 6.07) is 13.6. The van der Waals surface area contributed by atoms with Crippen LogP contribution in [0.25, 0.3) is 0 Å². The van der Waals surface area contributed by atoms with Gasteiger partial charge in [0.2, 0.25) is 0 Å². The fraction of sp³-hybridized carbons (Fsp3) is 0.280. The molecule has 10 heteroatoms. The van der Waals surface area contributed by atoms with E-state index in [1.54, 1.807) is 60.9 Å². The van der Waals surface area contributed by atoms with E-state index in [2.05, 4.69) is 25.5 Å². The Bertz CT molecular complexity index is 1140. The number of Topliss-reactive ketones (excluding diaryl/α,β-unsaturated/α-hetero) is 1. The quantitative estimate of drug-likeness (QED) is 0.247. The molecule has 1 unspecified atom stereocenters. The van der Waals surface area contributed by atoms with E-state index in [1.165, 1.54) is 11.8 Å². The lowest BCUT2D eigenvalue weighted by Gasteiger charge is -2.18. The highest BCUT2D eigenvalue weighted by Crippen LogP contribution is 2.37. The lowest BCUT2D eigenvalue weighted by molar-refractivity contribution is -0.117. The summed E-state index contributed by atoms with van der Waals surface area (Å²) >= 11 is 7.16. The van der Waals surface area contributed by atoms with Crippen LogP contribution in [0.1, 0.15) is 27.6 Å². The SMILES string of the molecule is CN(C)CCCNCC(=O)C(Sc1ncccc1C(=O)Nc1ccc(Cl)cc1)c1ccnc(N)c1. The number of benzene rings is 1. The van der Waals surface area contributed by atoms with Gasteiger partial charge in [0.25, 0.3) is 5.91 Å². The van der Waals surface area contributed by atoms with Gasteiger partial charge in [0.15, 0.2) is 5.78 Å². The molecule has 0 fully saturated rings. The molecule has 2 aromatic heterocycles. The number of carbonyl (C=O) groups excluding carboxylic acids is 2. The fourth-order valence-electron chi connectivity index (χ4n) is 3.27. The van der Waals surface area contributed by atoms with Crippen molar-refractivity contribution in [3.63, 3.8) is 0 Å². The zero-order valence-electron chi connectivity index (χ0n) is 19.7. The molecule has 3 aromatic rings. The molecule has 0 aliphatic rings. The van der Waals surface area contributed by atoms with Gasteiger partial charge in [0, 0.05) is 23.1 Å². The van der Waals surface area contributed by atoms with Crippen molar-refractivity contribution in [3.05, 3.63) is 77.1 Å². The number of nitrogen functional groups attached to an aromatic ring is 1. The van der Waals surface area contributed by atoms with Crippen molar-refractivity contribution >= 4 is 46.6 Å². The minimum absolute atomic E-state index is 0.0415. The van der Waals surface area contributed by atoms with Gasteiger partial charge in [-0.2, -0.15) is 0 Å². The van der Waals surface area contributed by atoms with E-state index in [-0.39, 0.29) is 18.2 Å². The van der Waals surface area contributed by atoms with Crippen LogP contribution in [0.4, 0.5) is 11.5 Å². The molecule has 0 saturated carbocycles. The Kier molecular flexibility index (Phi) is 10.0.